The number of ether oxygens (including phenoxy) is 4. The molecule has 1 atom stereocenters. The summed E-state index contributed by atoms with van der Waals surface area (Å²) in [4.78, 5) is 48.6. The zero-order valence-electron chi connectivity index (χ0n) is 13.8. The second kappa shape index (κ2) is 8.09. The van der Waals surface area contributed by atoms with Crippen molar-refractivity contribution in [2.24, 2.45) is 5.92 Å². The predicted molar refractivity (Wildman–Crippen MR) is 80.4 cm³/mol. The molecule has 0 bridgehead atoms. The lowest BCUT2D eigenvalue weighted by molar-refractivity contribution is -0.142. The van der Waals surface area contributed by atoms with E-state index in [1.165, 1.54) is 6.08 Å². The van der Waals surface area contributed by atoms with E-state index in [0.29, 0.717) is 0 Å². The second-order valence-electron chi connectivity index (χ2n) is 4.65. The van der Waals surface area contributed by atoms with Gasteiger partial charge in [-0.3, -0.25) is 0 Å². The van der Waals surface area contributed by atoms with Gasteiger partial charge in [-0.05, 0) is 6.42 Å². The summed E-state index contributed by atoms with van der Waals surface area (Å²) < 4.78 is 18.7. The summed E-state index contributed by atoms with van der Waals surface area (Å²) in [6, 6.07) is 0. The fourth-order valence-corrected chi connectivity index (χ4v) is 2.41. The highest BCUT2D eigenvalue weighted by atomic mass is 16.5. The van der Waals surface area contributed by atoms with Gasteiger partial charge in [0, 0.05) is 5.92 Å². The maximum atomic E-state index is 12.2. The Bertz CT molecular complexity index is 653. The van der Waals surface area contributed by atoms with Crippen molar-refractivity contribution < 1.29 is 38.1 Å². The summed E-state index contributed by atoms with van der Waals surface area (Å²) in [5.41, 5.74) is -1.02. The number of allylic oxidation sites excluding steroid dienone is 1. The number of hydrogen-bond acceptors (Lipinski definition) is 8. The molecule has 0 unspecified atom stereocenters. The number of carbonyl (C=O) groups is 4. The molecule has 1 rings (SSSR count). The van der Waals surface area contributed by atoms with Crippen LogP contribution in [-0.2, 0) is 38.1 Å². The molecule has 8 nitrogen and oxygen atoms in total. The SMILES string of the molecule is C=C[C@H]1CC(C(=O)OC)=C(C(=O)OC)C(C(=O)OC)=C1C(=O)OC. The highest BCUT2D eigenvalue weighted by Crippen LogP contribution is 2.37. The lowest BCUT2D eigenvalue weighted by Gasteiger charge is -2.26. The smallest absolute Gasteiger partial charge is 0.339 e. The Labute approximate surface area is 138 Å². The molecule has 0 spiro atoms. The minimum atomic E-state index is -0.983. The summed E-state index contributed by atoms with van der Waals surface area (Å²) in [5, 5.41) is 0. The van der Waals surface area contributed by atoms with E-state index in [1.807, 2.05) is 0 Å². The minimum absolute atomic E-state index is 0.0778. The fourth-order valence-electron chi connectivity index (χ4n) is 2.41. The van der Waals surface area contributed by atoms with Gasteiger partial charge in [0.1, 0.15) is 0 Å². The standard InChI is InChI=1S/C16H18O8/c1-6-8-7-9(13(17)21-2)11(15(19)23-4)12(16(20)24-5)10(8)14(18)22-3/h6,8H,1,7H2,2-5H3/t8-/m0/s1. The molecule has 130 valence electrons. The molecule has 24 heavy (non-hydrogen) atoms. The van der Waals surface area contributed by atoms with Gasteiger partial charge in [-0.2, -0.15) is 0 Å². The molecule has 0 amide bonds. The van der Waals surface area contributed by atoms with E-state index in [2.05, 4.69) is 25.5 Å². The molecule has 1 aliphatic rings. The van der Waals surface area contributed by atoms with Gasteiger partial charge >= 0.3 is 23.9 Å². The van der Waals surface area contributed by atoms with Gasteiger partial charge < -0.3 is 18.9 Å². The Kier molecular flexibility index (Phi) is 6.46. The topological polar surface area (TPSA) is 105 Å². The van der Waals surface area contributed by atoms with Crippen LogP contribution < -0.4 is 0 Å². The Hall–Kier alpha value is -2.90. The normalized spacial score (nSPS) is 17.1. The first kappa shape index (κ1) is 19.1. The quantitative estimate of drug-likeness (QED) is 0.405. The minimum Gasteiger partial charge on any atom is -0.466 e. The Morgan fingerprint density at radius 2 is 1.29 bits per heavy atom. The van der Waals surface area contributed by atoms with Gasteiger partial charge in [-0.25, -0.2) is 19.2 Å². The van der Waals surface area contributed by atoms with E-state index < -0.39 is 35.4 Å². The molecule has 0 saturated carbocycles. The zero-order chi connectivity index (χ0) is 18.4. The van der Waals surface area contributed by atoms with Gasteiger partial charge in [0.05, 0.1) is 50.7 Å². The first-order valence-electron chi connectivity index (χ1n) is 6.81. The average Bonchev–Trinajstić information content (AvgIpc) is 2.63. The van der Waals surface area contributed by atoms with E-state index in [4.69, 9.17) is 0 Å². The second-order valence-corrected chi connectivity index (χ2v) is 4.65. The largest absolute Gasteiger partial charge is 0.466 e. The van der Waals surface area contributed by atoms with Crippen molar-refractivity contribution in [1.29, 1.82) is 0 Å². The molecule has 0 saturated heterocycles. The van der Waals surface area contributed by atoms with E-state index in [-0.39, 0.29) is 23.1 Å². The highest BCUT2D eigenvalue weighted by molar-refractivity contribution is 6.16. The molecule has 1 aliphatic carbocycles. The van der Waals surface area contributed by atoms with Crippen LogP contribution in [0.3, 0.4) is 0 Å². The number of carbonyl (C=O) groups excluding carboxylic acids is 4. The van der Waals surface area contributed by atoms with Crippen LogP contribution in [0.4, 0.5) is 0 Å². The monoisotopic (exact) mass is 338 g/mol. The van der Waals surface area contributed by atoms with Crippen LogP contribution in [0.1, 0.15) is 6.42 Å². The molecule has 0 radical (unpaired) electrons. The van der Waals surface area contributed by atoms with E-state index >= 15 is 0 Å². The average molecular weight is 338 g/mol. The Morgan fingerprint density at radius 1 is 0.833 bits per heavy atom. The van der Waals surface area contributed by atoms with Crippen LogP contribution in [0.15, 0.2) is 34.9 Å². The Morgan fingerprint density at radius 3 is 1.71 bits per heavy atom. The van der Waals surface area contributed by atoms with Crippen molar-refractivity contribution in [2.45, 2.75) is 6.42 Å². The van der Waals surface area contributed by atoms with Crippen LogP contribution in [0, 0.1) is 5.92 Å². The number of rotatable bonds is 5. The predicted octanol–water partition coefficient (Wildman–Crippen LogP) is 0.477. The lowest BCUT2D eigenvalue weighted by atomic mass is 9.78. The van der Waals surface area contributed by atoms with Gasteiger partial charge in [0.25, 0.3) is 0 Å². The van der Waals surface area contributed by atoms with Crippen molar-refractivity contribution >= 4 is 23.9 Å². The van der Waals surface area contributed by atoms with Crippen LogP contribution in [-0.4, -0.2) is 52.3 Å². The first-order chi connectivity index (χ1) is 11.4. The lowest BCUT2D eigenvalue weighted by Crippen LogP contribution is -2.31. The van der Waals surface area contributed by atoms with Crippen LogP contribution in [0.25, 0.3) is 0 Å². The summed E-state index contributed by atoms with van der Waals surface area (Å²) in [5.74, 6) is -4.37. The molecular formula is C16H18O8. The van der Waals surface area contributed by atoms with Crippen molar-refractivity contribution in [1.82, 2.24) is 0 Å². The third-order valence-corrected chi connectivity index (χ3v) is 3.52. The van der Waals surface area contributed by atoms with Crippen molar-refractivity contribution in [3.8, 4) is 0 Å². The van der Waals surface area contributed by atoms with Crippen LogP contribution >= 0.6 is 0 Å². The number of methoxy groups -OCH3 is 4. The number of hydrogen-bond donors (Lipinski definition) is 0. The Balaban J connectivity index is 3.87. The van der Waals surface area contributed by atoms with E-state index in [9.17, 15) is 19.2 Å². The molecule has 8 heteroatoms. The van der Waals surface area contributed by atoms with Crippen molar-refractivity contribution in [3.05, 3.63) is 34.9 Å². The third-order valence-electron chi connectivity index (χ3n) is 3.52. The highest BCUT2D eigenvalue weighted by Gasteiger charge is 2.41. The third kappa shape index (κ3) is 3.37. The molecule has 0 aromatic rings. The van der Waals surface area contributed by atoms with Gasteiger partial charge in [-0.15, -0.1) is 6.58 Å². The zero-order valence-corrected chi connectivity index (χ0v) is 13.8. The van der Waals surface area contributed by atoms with E-state index in [1.54, 1.807) is 0 Å². The van der Waals surface area contributed by atoms with Gasteiger partial charge in [0.15, 0.2) is 0 Å². The van der Waals surface area contributed by atoms with Crippen molar-refractivity contribution in [3.63, 3.8) is 0 Å². The molecule has 0 N–H and O–H groups in total. The maximum Gasteiger partial charge on any atom is 0.339 e. The van der Waals surface area contributed by atoms with Crippen LogP contribution in [0.2, 0.25) is 0 Å². The summed E-state index contributed by atoms with van der Waals surface area (Å²) in [6.07, 6.45) is 1.29. The van der Waals surface area contributed by atoms with Gasteiger partial charge in [0.2, 0.25) is 0 Å². The summed E-state index contributed by atoms with van der Waals surface area (Å²) >= 11 is 0. The van der Waals surface area contributed by atoms with Gasteiger partial charge in [-0.1, -0.05) is 6.08 Å². The number of esters is 4. The fraction of sp³-hybridized carbons (Fsp3) is 0.375. The van der Waals surface area contributed by atoms with E-state index in [0.717, 1.165) is 28.4 Å². The molecule has 0 fully saturated rings. The summed E-state index contributed by atoms with van der Waals surface area (Å²) in [6.45, 7) is 3.60. The summed E-state index contributed by atoms with van der Waals surface area (Å²) in [7, 11) is 4.41. The molecular weight excluding hydrogens is 320 g/mol. The van der Waals surface area contributed by atoms with Crippen LogP contribution in [0.5, 0.6) is 0 Å². The van der Waals surface area contributed by atoms with Crippen molar-refractivity contribution in [2.75, 3.05) is 28.4 Å². The molecule has 0 aromatic heterocycles. The molecule has 0 heterocycles. The first-order valence-corrected chi connectivity index (χ1v) is 6.81. The maximum absolute atomic E-state index is 12.2. The molecule has 0 aliphatic heterocycles. The molecule has 0 aromatic carbocycles.